The van der Waals surface area contributed by atoms with E-state index in [0.29, 0.717) is 32.8 Å². The first kappa shape index (κ1) is 19.8. The minimum absolute atomic E-state index is 0.0526. The van der Waals surface area contributed by atoms with Crippen molar-refractivity contribution in [2.24, 2.45) is 5.92 Å². The van der Waals surface area contributed by atoms with Crippen LogP contribution >= 0.6 is 0 Å². The van der Waals surface area contributed by atoms with Gasteiger partial charge >= 0.3 is 0 Å². The smallest absolute Gasteiger partial charge is 0.228 e. The Morgan fingerprint density at radius 1 is 1.13 bits per heavy atom. The molecule has 0 spiro atoms. The zero-order valence-corrected chi connectivity index (χ0v) is 17.5. The number of carbonyl (C=O) groups excluding carboxylic acids is 1. The van der Waals surface area contributed by atoms with Crippen LogP contribution in [-0.2, 0) is 22.6 Å². The number of nitrogens with one attached hydrogen (secondary N) is 1. The van der Waals surface area contributed by atoms with E-state index in [-0.39, 0.29) is 17.6 Å². The maximum atomic E-state index is 13.5. The summed E-state index contributed by atoms with van der Waals surface area (Å²) >= 11 is 0. The fourth-order valence-electron chi connectivity index (χ4n) is 4.22. The number of benzene rings is 2. The molecule has 2 aromatic carbocycles. The Balaban J connectivity index is 1.49. The number of hydrogen-bond acceptors (Lipinski definition) is 4. The van der Waals surface area contributed by atoms with Gasteiger partial charge in [-0.3, -0.25) is 4.79 Å². The van der Waals surface area contributed by atoms with Gasteiger partial charge in [-0.1, -0.05) is 17.7 Å². The van der Waals surface area contributed by atoms with Gasteiger partial charge in [-0.15, -0.1) is 0 Å². The van der Waals surface area contributed by atoms with E-state index < -0.39 is 0 Å². The van der Waals surface area contributed by atoms with Gasteiger partial charge in [0.05, 0.1) is 19.1 Å². The lowest BCUT2D eigenvalue weighted by atomic mass is 10.1. The first-order valence-electron chi connectivity index (χ1n) is 10.6. The third-order valence-electron chi connectivity index (χ3n) is 6.00. The molecular formula is C24H25FN4O2. The molecule has 1 N–H and O–H groups in total. The number of hydrogen-bond donors (Lipinski definition) is 1. The van der Waals surface area contributed by atoms with Crippen molar-refractivity contribution in [1.82, 2.24) is 14.5 Å². The second-order valence-corrected chi connectivity index (χ2v) is 8.20. The summed E-state index contributed by atoms with van der Waals surface area (Å²) < 4.78 is 21.0. The summed E-state index contributed by atoms with van der Waals surface area (Å²) in [4.78, 5) is 19.6. The van der Waals surface area contributed by atoms with Crippen LogP contribution in [0.15, 0.2) is 48.5 Å². The van der Waals surface area contributed by atoms with Crippen LogP contribution in [0.1, 0.15) is 17.8 Å². The van der Waals surface area contributed by atoms with E-state index in [4.69, 9.17) is 9.72 Å². The number of halogens is 1. The van der Waals surface area contributed by atoms with Gasteiger partial charge in [0, 0.05) is 30.9 Å². The van der Waals surface area contributed by atoms with Crippen LogP contribution in [-0.4, -0.2) is 40.1 Å². The van der Waals surface area contributed by atoms with E-state index >= 15 is 0 Å². The number of imidazole rings is 1. The van der Waals surface area contributed by atoms with Crippen LogP contribution in [0.2, 0.25) is 0 Å². The first-order chi connectivity index (χ1) is 15.1. The maximum absolute atomic E-state index is 13.5. The Morgan fingerprint density at radius 3 is 2.61 bits per heavy atom. The van der Waals surface area contributed by atoms with Gasteiger partial charge in [-0.05, 0) is 49.7 Å². The first-order valence-corrected chi connectivity index (χ1v) is 10.6. The third-order valence-corrected chi connectivity index (χ3v) is 6.00. The Hall–Kier alpha value is -3.19. The van der Waals surface area contributed by atoms with Crippen molar-refractivity contribution in [2.75, 3.05) is 25.1 Å². The van der Waals surface area contributed by atoms with Crippen molar-refractivity contribution in [2.45, 2.75) is 26.4 Å². The predicted octanol–water partition coefficient (Wildman–Crippen LogP) is 4.12. The van der Waals surface area contributed by atoms with Crippen molar-refractivity contribution in [3.05, 3.63) is 65.7 Å². The highest BCUT2D eigenvalue weighted by Crippen LogP contribution is 2.34. The largest absolute Gasteiger partial charge is 0.381 e. The molecule has 5 rings (SSSR count). The average Bonchev–Trinajstić information content (AvgIpc) is 3.44. The molecule has 2 aliphatic heterocycles. The third kappa shape index (κ3) is 3.93. The van der Waals surface area contributed by atoms with Crippen LogP contribution in [0.4, 0.5) is 15.9 Å². The van der Waals surface area contributed by atoms with Crippen LogP contribution in [0, 0.1) is 18.7 Å². The summed E-state index contributed by atoms with van der Waals surface area (Å²) in [6.45, 7) is 4.94. The molecule has 0 aliphatic carbocycles. The number of aryl methyl sites for hydroxylation is 1. The highest BCUT2D eigenvalue weighted by molar-refractivity contribution is 5.80. The SMILES string of the molecule is Cc1ccc(Nc2c(-c3ccc(F)cc3)nc3n2CCN(C(=O)[C@H]2CCOC2)C3)cc1. The van der Waals surface area contributed by atoms with Crippen molar-refractivity contribution in [3.63, 3.8) is 0 Å². The monoisotopic (exact) mass is 420 g/mol. The highest BCUT2D eigenvalue weighted by atomic mass is 19.1. The normalized spacial score (nSPS) is 18.1. The lowest BCUT2D eigenvalue weighted by Gasteiger charge is -2.30. The van der Waals surface area contributed by atoms with E-state index in [1.165, 1.54) is 17.7 Å². The molecule has 1 aromatic heterocycles. The average molecular weight is 420 g/mol. The molecule has 3 aromatic rings. The van der Waals surface area contributed by atoms with Gasteiger partial charge in [-0.25, -0.2) is 9.37 Å². The van der Waals surface area contributed by atoms with E-state index in [2.05, 4.69) is 28.9 Å². The highest BCUT2D eigenvalue weighted by Gasteiger charge is 2.32. The van der Waals surface area contributed by atoms with Crippen LogP contribution in [0.5, 0.6) is 0 Å². The molecule has 160 valence electrons. The molecule has 3 heterocycles. The number of ether oxygens (including phenoxy) is 1. The molecule has 6 nitrogen and oxygen atoms in total. The topological polar surface area (TPSA) is 59.4 Å². The number of rotatable bonds is 4. The van der Waals surface area contributed by atoms with Crippen LogP contribution in [0.3, 0.4) is 0 Å². The lowest BCUT2D eigenvalue weighted by Crippen LogP contribution is -2.42. The van der Waals surface area contributed by atoms with Crippen LogP contribution < -0.4 is 5.32 Å². The summed E-state index contributed by atoms with van der Waals surface area (Å²) in [6.07, 6.45) is 0.783. The fraction of sp³-hybridized carbons (Fsp3) is 0.333. The molecule has 7 heteroatoms. The Kier molecular flexibility index (Phi) is 5.19. The van der Waals surface area contributed by atoms with Gasteiger partial charge in [0.15, 0.2) is 0 Å². The molecule has 31 heavy (non-hydrogen) atoms. The van der Waals surface area contributed by atoms with E-state index in [1.54, 1.807) is 12.1 Å². The second kappa shape index (κ2) is 8.15. The van der Waals surface area contributed by atoms with Crippen molar-refractivity contribution in [3.8, 4) is 11.3 Å². The molecule has 0 bridgehead atoms. The molecule has 2 aliphatic rings. The standard InChI is InChI=1S/C24H25FN4O2/c1-16-2-8-20(9-3-16)26-23-22(17-4-6-19(25)7-5-17)27-21-14-28(11-12-29(21)23)24(30)18-10-13-31-15-18/h2-9,18,26H,10-15H2,1H3/t18-/m0/s1. The van der Waals surface area contributed by atoms with E-state index in [0.717, 1.165) is 35.0 Å². The molecule has 1 fully saturated rings. The lowest BCUT2D eigenvalue weighted by molar-refractivity contribution is -0.137. The van der Waals surface area contributed by atoms with E-state index in [1.807, 2.05) is 17.0 Å². The zero-order valence-electron chi connectivity index (χ0n) is 17.5. The molecule has 0 radical (unpaired) electrons. The minimum Gasteiger partial charge on any atom is -0.381 e. The van der Waals surface area contributed by atoms with E-state index in [9.17, 15) is 9.18 Å². The van der Waals surface area contributed by atoms with Crippen molar-refractivity contribution in [1.29, 1.82) is 0 Å². The van der Waals surface area contributed by atoms with Gasteiger partial charge in [0.2, 0.25) is 5.91 Å². The summed E-state index contributed by atoms with van der Waals surface area (Å²) in [6, 6.07) is 14.5. The Bertz CT molecular complexity index is 1090. The second-order valence-electron chi connectivity index (χ2n) is 8.20. The molecule has 0 saturated carbocycles. The summed E-state index contributed by atoms with van der Waals surface area (Å²) in [5, 5.41) is 3.50. The number of carbonyl (C=O) groups is 1. The fourth-order valence-corrected chi connectivity index (χ4v) is 4.22. The van der Waals surface area contributed by atoms with Gasteiger partial charge < -0.3 is 19.5 Å². The number of amides is 1. The summed E-state index contributed by atoms with van der Waals surface area (Å²) in [5.74, 6) is 1.50. The zero-order chi connectivity index (χ0) is 21.4. The van der Waals surface area contributed by atoms with Crippen LogP contribution in [0.25, 0.3) is 11.3 Å². The minimum atomic E-state index is -0.281. The number of anilines is 2. The molecule has 1 saturated heterocycles. The summed E-state index contributed by atoms with van der Waals surface area (Å²) in [5.41, 5.74) is 3.73. The number of fused-ring (bicyclic) bond motifs is 1. The summed E-state index contributed by atoms with van der Waals surface area (Å²) in [7, 11) is 0. The number of nitrogens with zero attached hydrogens (tertiary/aromatic N) is 3. The predicted molar refractivity (Wildman–Crippen MR) is 116 cm³/mol. The van der Waals surface area contributed by atoms with Gasteiger partial charge in [0.1, 0.15) is 23.2 Å². The van der Waals surface area contributed by atoms with Gasteiger partial charge in [-0.2, -0.15) is 0 Å². The molecule has 1 amide bonds. The Labute approximate surface area is 180 Å². The maximum Gasteiger partial charge on any atom is 0.228 e. The quantitative estimate of drug-likeness (QED) is 0.690. The molecule has 0 unspecified atom stereocenters. The van der Waals surface area contributed by atoms with Crippen molar-refractivity contribution < 1.29 is 13.9 Å². The molecule has 1 atom stereocenters. The van der Waals surface area contributed by atoms with Gasteiger partial charge in [0.25, 0.3) is 0 Å². The van der Waals surface area contributed by atoms with Crippen molar-refractivity contribution >= 4 is 17.4 Å². The number of aromatic nitrogens is 2. The molecular weight excluding hydrogens is 395 g/mol. The Morgan fingerprint density at radius 2 is 1.90 bits per heavy atom.